The number of aliphatic hydroxyl groups excluding tert-OH is 1. The minimum Gasteiger partial charge on any atom is -0.480 e. The SMILES string of the molecule is CC(C)C(NC(=O)C(Cc1ccccc1)NC(=O)CNC(=O)C(N)C(C)O)C(=O)O. The van der Waals surface area contributed by atoms with Gasteiger partial charge in [0.15, 0.2) is 0 Å². The highest BCUT2D eigenvalue weighted by molar-refractivity contribution is 5.92. The van der Waals surface area contributed by atoms with Crippen LogP contribution in [0, 0.1) is 5.92 Å². The number of rotatable bonds is 11. The first-order chi connectivity index (χ1) is 14.0. The molecule has 1 aromatic carbocycles. The fourth-order valence-corrected chi connectivity index (χ4v) is 2.58. The first kappa shape index (κ1) is 25.1. The molecule has 3 amide bonds. The fourth-order valence-electron chi connectivity index (χ4n) is 2.58. The van der Waals surface area contributed by atoms with Crippen molar-refractivity contribution in [1.82, 2.24) is 16.0 Å². The fraction of sp³-hybridized carbons (Fsp3) is 0.500. The van der Waals surface area contributed by atoms with Crippen molar-refractivity contribution in [3.05, 3.63) is 35.9 Å². The average molecular weight is 422 g/mol. The Labute approximate surface area is 175 Å². The largest absolute Gasteiger partial charge is 0.480 e. The number of carbonyl (C=O) groups excluding carboxylic acids is 3. The van der Waals surface area contributed by atoms with Crippen molar-refractivity contribution in [3.8, 4) is 0 Å². The molecule has 0 saturated carbocycles. The number of carboxylic acids is 1. The van der Waals surface area contributed by atoms with Gasteiger partial charge in [0.2, 0.25) is 17.7 Å². The number of hydrogen-bond donors (Lipinski definition) is 6. The van der Waals surface area contributed by atoms with Gasteiger partial charge in [-0.05, 0) is 18.4 Å². The van der Waals surface area contributed by atoms with E-state index in [0.29, 0.717) is 0 Å². The number of hydrogen-bond acceptors (Lipinski definition) is 6. The quantitative estimate of drug-likeness (QED) is 0.259. The Morgan fingerprint density at radius 3 is 2.10 bits per heavy atom. The molecular weight excluding hydrogens is 392 g/mol. The van der Waals surface area contributed by atoms with Crippen LogP contribution in [0.2, 0.25) is 0 Å². The number of carbonyl (C=O) groups is 4. The highest BCUT2D eigenvalue weighted by Crippen LogP contribution is 2.06. The second kappa shape index (κ2) is 11.9. The van der Waals surface area contributed by atoms with Crippen LogP contribution in [0.4, 0.5) is 0 Å². The summed E-state index contributed by atoms with van der Waals surface area (Å²) < 4.78 is 0. The Morgan fingerprint density at radius 2 is 1.60 bits per heavy atom. The van der Waals surface area contributed by atoms with E-state index in [1.807, 2.05) is 0 Å². The molecule has 0 bridgehead atoms. The summed E-state index contributed by atoms with van der Waals surface area (Å²) in [6.45, 7) is 4.21. The van der Waals surface area contributed by atoms with Gasteiger partial charge in [0.25, 0.3) is 0 Å². The standard InChI is InChI=1S/C20H30N4O6/c1-11(2)17(20(29)30)24-18(27)14(9-13-7-5-4-6-8-13)23-15(26)10-22-19(28)16(21)12(3)25/h4-8,11-12,14,16-17,25H,9-10,21H2,1-3H3,(H,22,28)(H,23,26)(H,24,27)(H,29,30). The third-order valence-corrected chi connectivity index (χ3v) is 4.41. The molecule has 0 aliphatic rings. The number of aliphatic carboxylic acids is 1. The lowest BCUT2D eigenvalue weighted by Crippen LogP contribution is -2.55. The molecule has 0 saturated heterocycles. The second-order valence-electron chi connectivity index (χ2n) is 7.36. The molecule has 0 radical (unpaired) electrons. The minimum absolute atomic E-state index is 0.129. The topological polar surface area (TPSA) is 171 Å². The van der Waals surface area contributed by atoms with Crippen LogP contribution in [0.25, 0.3) is 0 Å². The molecule has 0 fully saturated rings. The molecule has 10 heteroatoms. The van der Waals surface area contributed by atoms with Crippen molar-refractivity contribution in [3.63, 3.8) is 0 Å². The molecule has 0 aliphatic carbocycles. The molecule has 0 aliphatic heterocycles. The van der Waals surface area contributed by atoms with E-state index < -0.39 is 54.5 Å². The zero-order chi connectivity index (χ0) is 22.8. The molecular formula is C20H30N4O6. The van der Waals surface area contributed by atoms with Crippen LogP contribution in [0.1, 0.15) is 26.3 Å². The van der Waals surface area contributed by atoms with E-state index in [4.69, 9.17) is 5.73 Å². The van der Waals surface area contributed by atoms with Crippen LogP contribution < -0.4 is 21.7 Å². The van der Waals surface area contributed by atoms with Crippen molar-refractivity contribution < 1.29 is 29.4 Å². The zero-order valence-corrected chi connectivity index (χ0v) is 17.3. The molecule has 7 N–H and O–H groups in total. The molecule has 166 valence electrons. The number of carboxylic acid groups (broad SMARTS) is 1. The zero-order valence-electron chi connectivity index (χ0n) is 17.3. The Bertz CT molecular complexity index is 738. The lowest BCUT2D eigenvalue weighted by molar-refractivity contribution is -0.143. The predicted molar refractivity (Wildman–Crippen MR) is 109 cm³/mol. The summed E-state index contributed by atoms with van der Waals surface area (Å²) in [6, 6.07) is 5.54. The Morgan fingerprint density at radius 1 is 1.00 bits per heavy atom. The summed E-state index contributed by atoms with van der Waals surface area (Å²) in [6.07, 6.45) is -0.960. The van der Waals surface area contributed by atoms with Gasteiger partial charge in [-0.25, -0.2) is 4.79 Å². The van der Waals surface area contributed by atoms with Crippen LogP contribution in [0.5, 0.6) is 0 Å². The van der Waals surface area contributed by atoms with E-state index in [1.165, 1.54) is 6.92 Å². The lowest BCUT2D eigenvalue weighted by Gasteiger charge is -2.23. The van der Waals surface area contributed by atoms with Gasteiger partial charge in [0.05, 0.1) is 12.6 Å². The van der Waals surface area contributed by atoms with Gasteiger partial charge in [-0.15, -0.1) is 0 Å². The maximum absolute atomic E-state index is 12.7. The number of nitrogens with two attached hydrogens (primary N) is 1. The average Bonchev–Trinajstić information content (AvgIpc) is 2.69. The third-order valence-electron chi connectivity index (χ3n) is 4.41. The van der Waals surface area contributed by atoms with Crippen LogP contribution in [0.15, 0.2) is 30.3 Å². The molecule has 1 rings (SSSR count). The van der Waals surface area contributed by atoms with Crippen molar-refractivity contribution in [2.24, 2.45) is 11.7 Å². The van der Waals surface area contributed by atoms with Gasteiger partial charge in [-0.2, -0.15) is 0 Å². The summed E-state index contributed by atoms with van der Waals surface area (Å²) >= 11 is 0. The van der Waals surface area contributed by atoms with E-state index in [2.05, 4.69) is 16.0 Å². The number of benzene rings is 1. The highest BCUT2D eigenvalue weighted by atomic mass is 16.4. The summed E-state index contributed by atoms with van der Waals surface area (Å²) in [5.74, 6) is -3.56. The summed E-state index contributed by atoms with van der Waals surface area (Å²) in [5, 5.41) is 25.9. The van der Waals surface area contributed by atoms with E-state index in [9.17, 15) is 29.4 Å². The lowest BCUT2D eigenvalue weighted by atomic mass is 10.0. The minimum atomic E-state index is -1.19. The van der Waals surface area contributed by atoms with E-state index in [1.54, 1.807) is 44.2 Å². The van der Waals surface area contributed by atoms with Crippen LogP contribution in [0.3, 0.4) is 0 Å². The molecule has 0 spiro atoms. The van der Waals surface area contributed by atoms with E-state index >= 15 is 0 Å². The van der Waals surface area contributed by atoms with Crippen LogP contribution >= 0.6 is 0 Å². The third kappa shape index (κ3) is 8.18. The van der Waals surface area contributed by atoms with E-state index in [-0.39, 0.29) is 12.3 Å². The molecule has 30 heavy (non-hydrogen) atoms. The molecule has 10 nitrogen and oxygen atoms in total. The molecule has 0 heterocycles. The van der Waals surface area contributed by atoms with Crippen LogP contribution in [-0.4, -0.2) is 64.7 Å². The Kier molecular flexibility index (Phi) is 9.93. The Hall–Kier alpha value is -2.98. The number of nitrogens with one attached hydrogen (secondary N) is 3. The van der Waals surface area contributed by atoms with Gasteiger partial charge in [0, 0.05) is 6.42 Å². The van der Waals surface area contributed by atoms with Crippen molar-refractivity contribution in [1.29, 1.82) is 0 Å². The van der Waals surface area contributed by atoms with Gasteiger partial charge in [0.1, 0.15) is 18.1 Å². The van der Waals surface area contributed by atoms with Gasteiger partial charge in [-0.1, -0.05) is 44.2 Å². The Balaban J connectivity index is 2.85. The van der Waals surface area contributed by atoms with E-state index in [0.717, 1.165) is 5.56 Å². The van der Waals surface area contributed by atoms with Crippen LogP contribution in [-0.2, 0) is 25.6 Å². The van der Waals surface area contributed by atoms with Crippen molar-refractivity contribution >= 4 is 23.7 Å². The highest BCUT2D eigenvalue weighted by Gasteiger charge is 2.29. The molecule has 1 aromatic rings. The normalized spacial score (nSPS) is 14.9. The summed E-state index contributed by atoms with van der Waals surface area (Å²) in [4.78, 5) is 48.1. The van der Waals surface area contributed by atoms with Gasteiger partial charge in [-0.3, -0.25) is 14.4 Å². The van der Waals surface area contributed by atoms with Crippen molar-refractivity contribution in [2.75, 3.05) is 6.54 Å². The maximum atomic E-state index is 12.7. The first-order valence-electron chi connectivity index (χ1n) is 9.60. The second-order valence-corrected chi connectivity index (χ2v) is 7.36. The maximum Gasteiger partial charge on any atom is 0.326 e. The molecule has 0 aromatic heterocycles. The molecule has 4 atom stereocenters. The summed E-state index contributed by atoms with van der Waals surface area (Å²) in [5.41, 5.74) is 6.25. The predicted octanol–water partition coefficient (Wildman–Crippen LogP) is -1.24. The monoisotopic (exact) mass is 422 g/mol. The first-order valence-corrected chi connectivity index (χ1v) is 9.60. The van der Waals surface area contributed by atoms with Gasteiger partial charge >= 0.3 is 5.97 Å². The van der Waals surface area contributed by atoms with Crippen molar-refractivity contribution in [2.45, 2.75) is 51.4 Å². The number of amides is 3. The summed E-state index contributed by atoms with van der Waals surface area (Å²) in [7, 11) is 0. The number of aliphatic hydroxyl groups is 1. The molecule has 4 unspecified atom stereocenters. The smallest absolute Gasteiger partial charge is 0.326 e. The van der Waals surface area contributed by atoms with Gasteiger partial charge < -0.3 is 31.9 Å².